The van der Waals surface area contributed by atoms with Crippen molar-refractivity contribution in [3.05, 3.63) is 36.2 Å². The summed E-state index contributed by atoms with van der Waals surface area (Å²) in [6, 6.07) is 7.07. The van der Waals surface area contributed by atoms with Crippen LogP contribution in [0.2, 0.25) is 0 Å². The van der Waals surface area contributed by atoms with Crippen molar-refractivity contribution in [3.63, 3.8) is 0 Å². The normalized spacial score (nSPS) is 10.5. The second-order valence-corrected chi connectivity index (χ2v) is 4.82. The lowest BCUT2D eigenvalue weighted by atomic mass is 10.3. The number of nitrogens with zero attached hydrogens (tertiary/aromatic N) is 3. The molecule has 2 N–H and O–H groups in total. The Morgan fingerprint density at radius 1 is 1.36 bits per heavy atom. The second kappa shape index (κ2) is 6.70. The lowest BCUT2D eigenvalue weighted by Gasteiger charge is -2.14. The predicted molar refractivity (Wildman–Crippen MR) is 77.8 cm³/mol. The summed E-state index contributed by atoms with van der Waals surface area (Å²) in [5.74, 6) is -0.986. The van der Waals surface area contributed by atoms with E-state index in [9.17, 15) is 9.59 Å². The first-order chi connectivity index (χ1) is 10.5. The van der Waals surface area contributed by atoms with Crippen molar-refractivity contribution in [1.29, 1.82) is 0 Å². The van der Waals surface area contributed by atoms with E-state index in [1.807, 2.05) is 19.9 Å². The van der Waals surface area contributed by atoms with Crippen LogP contribution >= 0.6 is 0 Å². The van der Waals surface area contributed by atoms with Crippen LogP contribution in [0, 0.1) is 0 Å². The molecule has 0 aliphatic rings. The Kier molecular flexibility index (Phi) is 4.72. The lowest BCUT2D eigenvalue weighted by Crippen LogP contribution is -2.20. The minimum absolute atomic E-state index is 0.0218. The molecule has 0 fully saturated rings. The second-order valence-electron chi connectivity index (χ2n) is 4.82. The molecule has 1 heterocycles. The highest BCUT2D eigenvalue weighted by atomic mass is 16.5. The van der Waals surface area contributed by atoms with Gasteiger partial charge in [0.2, 0.25) is 5.91 Å². The molecular weight excluding hydrogens is 288 g/mol. The fourth-order valence-electron chi connectivity index (χ4n) is 1.74. The van der Waals surface area contributed by atoms with E-state index in [1.165, 1.54) is 6.20 Å². The molecule has 0 unspecified atom stereocenters. The van der Waals surface area contributed by atoms with Gasteiger partial charge in [0.05, 0.1) is 18.0 Å². The van der Waals surface area contributed by atoms with Crippen LogP contribution in [0.15, 0.2) is 30.5 Å². The van der Waals surface area contributed by atoms with Crippen LogP contribution < -0.4 is 10.1 Å². The van der Waals surface area contributed by atoms with E-state index in [4.69, 9.17) is 9.84 Å². The summed E-state index contributed by atoms with van der Waals surface area (Å²) in [6.45, 7) is 3.64. The number of carbonyl (C=O) groups excluding carboxylic acids is 1. The zero-order chi connectivity index (χ0) is 16.1. The van der Waals surface area contributed by atoms with Crippen molar-refractivity contribution < 1.29 is 19.4 Å². The Morgan fingerprint density at radius 3 is 2.73 bits per heavy atom. The highest BCUT2D eigenvalue weighted by molar-refractivity contribution is 5.92. The number of amides is 1. The molecule has 0 radical (unpaired) electrons. The molecule has 2 aromatic rings. The van der Waals surface area contributed by atoms with Gasteiger partial charge in [-0.2, -0.15) is 0 Å². The van der Waals surface area contributed by atoms with Gasteiger partial charge >= 0.3 is 5.97 Å². The van der Waals surface area contributed by atoms with Gasteiger partial charge in [-0.05, 0) is 26.0 Å². The number of rotatable bonds is 6. The third-order valence-corrected chi connectivity index (χ3v) is 2.59. The van der Waals surface area contributed by atoms with Crippen LogP contribution in [0.1, 0.15) is 24.3 Å². The van der Waals surface area contributed by atoms with Gasteiger partial charge in [-0.25, -0.2) is 9.48 Å². The van der Waals surface area contributed by atoms with Crippen LogP contribution in [0.5, 0.6) is 5.75 Å². The summed E-state index contributed by atoms with van der Waals surface area (Å²) in [6.07, 6.45) is 1.17. The van der Waals surface area contributed by atoms with Gasteiger partial charge in [0, 0.05) is 0 Å². The SMILES string of the molecule is CC(C)Oc1ccccc1NC(=O)Cn1cc(C(=O)O)nn1. The minimum atomic E-state index is -1.19. The van der Waals surface area contributed by atoms with Gasteiger partial charge in [0.15, 0.2) is 5.69 Å². The molecule has 0 saturated heterocycles. The number of carboxylic acids is 1. The number of ether oxygens (including phenoxy) is 1. The number of hydrogen-bond acceptors (Lipinski definition) is 5. The van der Waals surface area contributed by atoms with Gasteiger partial charge in [-0.3, -0.25) is 4.79 Å². The molecule has 0 aliphatic heterocycles. The first kappa shape index (κ1) is 15.5. The third kappa shape index (κ3) is 4.05. The summed E-state index contributed by atoms with van der Waals surface area (Å²) in [7, 11) is 0. The summed E-state index contributed by atoms with van der Waals surface area (Å²) in [5.41, 5.74) is 0.330. The first-order valence-corrected chi connectivity index (χ1v) is 6.64. The lowest BCUT2D eigenvalue weighted by molar-refractivity contribution is -0.117. The van der Waals surface area contributed by atoms with Crippen molar-refractivity contribution in [2.45, 2.75) is 26.5 Å². The molecule has 0 bridgehead atoms. The molecule has 0 atom stereocenters. The Balaban J connectivity index is 2.04. The zero-order valence-corrected chi connectivity index (χ0v) is 12.2. The number of benzene rings is 1. The summed E-state index contributed by atoms with van der Waals surface area (Å²) >= 11 is 0. The molecule has 116 valence electrons. The number of para-hydroxylation sites is 2. The standard InChI is InChI=1S/C14H16N4O4/c1-9(2)22-12-6-4-3-5-10(12)15-13(19)8-18-7-11(14(20)21)16-17-18/h3-7,9H,8H2,1-2H3,(H,15,19)(H,20,21). The number of aromatic carboxylic acids is 1. The molecule has 1 aromatic carbocycles. The molecule has 0 saturated carbocycles. The number of anilines is 1. The average molecular weight is 304 g/mol. The van der Waals surface area contributed by atoms with Gasteiger partial charge < -0.3 is 15.2 Å². The van der Waals surface area contributed by atoms with Crippen molar-refractivity contribution >= 4 is 17.6 Å². The monoisotopic (exact) mass is 304 g/mol. The fraction of sp³-hybridized carbons (Fsp3) is 0.286. The van der Waals surface area contributed by atoms with E-state index in [0.29, 0.717) is 11.4 Å². The third-order valence-electron chi connectivity index (χ3n) is 2.59. The number of carbonyl (C=O) groups is 2. The molecule has 0 aliphatic carbocycles. The van der Waals surface area contributed by atoms with Gasteiger partial charge in [0.1, 0.15) is 12.3 Å². The molecule has 0 spiro atoms. The molecule has 22 heavy (non-hydrogen) atoms. The largest absolute Gasteiger partial charge is 0.489 e. The minimum Gasteiger partial charge on any atom is -0.489 e. The molecule has 8 heteroatoms. The highest BCUT2D eigenvalue weighted by Gasteiger charge is 2.12. The molecule has 1 aromatic heterocycles. The molecular formula is C14H16N4O4. The Morgan fingerprint density at radius 2 is 2.09 bits per heavy atom. The van der Waals surface area contributed by atoms with Crippen LogP contribution in [0.4, 0.5) is 5.69 Å². The fourth-order valence-corrected chi connectivity index (χ4v) is 1.74. The van der Waals surface area contributed by atoms with Crippen molar-refractivity contribution in [3.8, 4) is 5.75 Å². The molecule has 2 rings (SSSR count). The van der Waals surface area contributed by atoms with Gasteiger partial charge in [0.25, 0.3) is 0 Å². The van der Waals surface area contributed by atoms with Crippen molar-refractivity contribution in [2.24, 2.45) is 0 Å². The summed E-state index contributed by atoms with van der Waals surface area (Å²) in [5, 5.41) is 18.5. The smallest absolute Gasteiger partial charge is 0.358 e. The maximum Gasteiger partial charge on any atom is 0.358 e. The van der Waals surface area contributed by atoms with Crippen LogP contribution in [0.25, 0.3) is 0 Å². The van der Waals surface area contributed by atoms with E-state index < -0.39 is 5.97 Å². The van der Waals surface area contributed by atoms with Gasteiger partial charge in [-0.15, -0.1) is 5.10 Å². The van der Waals surface area contributed by atoms with Crippen molar-refractivity contribution in [2.75, 3.05) is 5.32 Å². The van der Waals surface area contributed by atoms with Crippen LogP contribution in [-0.2, 0) is 11.3 Å². The number of hydrogen-bond donors (Lipinski definition) is 2. The summed E-state index contributed by atoms with van der Waals surface area (Å²) in [4.78, 5) is 22.7. The van der Waals surface area contributed by atoms with E-state index in [0.717, 1.165) is 4.68 Å². The maximum absolute atomic E-state index is 12.0. The zero-order valence-electron chi connectivity index (χ0n) is 12.2. The average Bonchev–Trinajstić information content (AvgIpc) is 2.89. The highest BCUT2D eigenvalue weighted by Crippen LogP contribution is 2.24. The Bertz CT molecular complexity index is 681. The van der Waals surface area contributed by atoms with E-state index >= 15 is 0 Å². The quantitative estimate of drug-likeness (QED) is 0.835. The Labute approximate surface area is 126 Å². The number of aromatic nitrogens is 3. The molecule has 1 amide bonds. The van der Waals surface area contributed by atoms with Crippen LogP contribution in [-0.4, -0.2) is 38.1 Å². The van der Waals surface area contributed by atoms with Crippen LogP contribution in [0.3, 0.4) is 0 Å². The predicted octanol–water partition coefficient (Wildman–Crippen LogP) is 1.40. The van der Waals surface area contributed by atoms with E-state index in [1.54, 1.807) is 18.2 Å². The first-order valence-electron chi connectivity index (χ1n) is 6.64. The Hall–Kier alpha value is -2.90. The topological polar surface area (TPSA) is 106 Å². The number of carboxylic acid groups (broad SMARTS) is 1. The molecule has 8 nitrogen and oxygen atoms in total. The van der Waals surface area contributed by atoms with E-state index in [-0.39, 0.29) is 24.2 Å². The van der Waals surface area contributed by atoms with E-state index in [2.05, 4.69) is 15.6 Å². The number of nitrogens with one attached hydrogen (secondary N) is 1. The maximum atomic E-state index is 12.0. The van der Waals surface area contributed by atoms with Gasteiger partial charge in [-0.1, -0.05) is 17.3 Å². The van der Waals surface area contributed by atoms with Crippen molar-refractivity contribution in [1.82, 2.24) is 15.0 Å². The summed E-state index contributed by atoms with van der Waals surface area (Å²) < 4.78 is 6.76.